The van der Waals surface area contributed by atoms with E-state index in [1.54, 1.807) is 12.1 Å². The first-order chi connectivity index (χ1) is 15.8. The average Bonchev–Trinajstić information content (AvgIpc) is 3.35. The topological polar surface area (TPSA) is 82.0 Å². The summed E-state index contributed by atoms with van der Waals surface area (Å²) < 4.78 is 0. The fourth-order valence-electron chi connectivity index (χ4n) is 3.84. The number of hydrogen-bond acceptors (Lipinski definition) is 5. The van der Waals surface area contributed by atoms with Crippen LogP contribution in [0.15, 0.2) is 58.9 Å². The molecule has 8 heteroatoms. The molecule has 170 valence electrons. The quantitative estimate of drug-likeness (QED) is 0.425. The second-order valence-corrected chi connectivity index (χ2v) is 9.62. The zero-order chi connectivity index (χ0) is 23.5. The van der Waals surface area contributed by atoms with E-state index in [4.69, 9.17) is 21.7 Å². The van der Waals surface area contributed by atoms with E-state index in [0.29, 0.717) is 22.8 Å². The summed E-state index contributed by atoms with van der Waals surface area (Å²) in [6.45, 7) is 0.827. The van der Waals surface area contributed by atoms with Gasteiger partial charge in [-0.25, -0.2) is 0 Å². The van der Waals surface area contributed by atoms with Gasteiger partial charge in [0, 0.05) is 28.6 Å². The van der Waals surface area contributed by atoms with Crippen molar-refractivity contribution in [3.8, 4) is 0 Å². The smallest absolute Gasteiger partial charge is 0.303 e. The number of hydrogen-bond donors (Lipinski definition) is 2. The first-order valence-corrected chi connectivity index (χ1v) is 11.8. The molecule has 6 nitrogen and oxygen atoms in total. The lowest BCUT2D eigenvalue weighted by Crippen LogP contribution is -2.21. The minimum Gasteiger partial charge on any atom is -0.481 e. The Kier molecular flexibility index (Phi) is 6.93. The van der Waals surface area contributed by atoms with Crippen molar-refractivity contribution >= 4 is 51.9 Å². The number of halogens is 1. The number of benzene rings is 2. The average molecular weight is 482 g/mol. The number of carboxylic acids is 1. The molecule has 2 N–H and O–H groups in total. The molecule has 0 fully saturated rings. The number of nitrogens with one attached hydrogen (secondary N) is 1. The van der Waals surface area contributed by atoms with Crippen LogP contribution in [0.3, 0.4) is 0 Å². The number of anilines is 1. The van der Waals surface area contributed by atoms with Gasteiger partial charge in [-0.2, -0.15) is 0 Å². The Labute approximate surface area is 201 Å². The van der Waals surface area contributed by atoms with Crippen LogP contribution < -0.4 is 5.32 Å². The van der Waals surface area contributed by atoms with Gasteiger partial charge >= 0.3 is 5.97 Å². The van der Waals surface area contributed by atoms with Gasteiger partial charge in [0.15, 0.2) is 0 Å². The summed E-state index contributed by atoms with van der Waals surface area (Å²) in [7, 11) is 4.04. The minimum atomic E-state index is -0.838. The van der Waals surface area contributed by atoms with Crippen molar-refractivity contribution in [2.75, 3.05) is 19.4 Å². The van der Waals surface area contributed by atoms with E-state index in [1.807, 2.05) is 55.9 Å². The molecule has 2 heterocycles. The van der Waals surface area contributed by atoms with E-state index in [0.717, 1.165) is 28.2 Å². The first kappa shape index (κ1) is 23.2. The van der Waals surface area contributed by atoms with Crippen molar-refractivity contribution in [2.24, 2.45) is 4.99 Å². The highest BCUT2D eigenvalue weighted by atomic mass is 35.5. The highest BCUT2D eigenvalue weighted by Crippen LogP contribution is 2.38. The molecule has 1 amide bonds. The molecule has 0 saturated carbocycles. The molecular formula is C25H24ClN3O3S. The number of aliphatic imine (C=N–C) groups is 1. The van der Waals surface area contributed by atoms with Gasteiger partial charge in [0.25, 0.3) is 0 Å². The zero-order valence-corrected chi connectivity index (χ0v) is 19.9. The number of carbonyl (C=O) groups excluding carboxylic acids is 1. The number of nitrogens with zero attached hydrogens (tertiary/aromatic N) is 2. The van der Waals surface area contributed by atoms with Crippen LogP contribution in [0.4, 0.5) is 11.4 Å². The summed E-state index contributed by atoms with van der Waals surface area (Å²) in [5.41, 5.74) is 5.00. The maximum atomic E-state index is 13.0. The Bertz CT molecular complexity index is 1220. The van der Waals surface area contributed by atoms with Crippen LogP contribution in [0.25, 0.3) is 0 Å². The van der Waals surface area contributed by atoms with Crippen LogP contribution in [-0.4, -0.2) is 41.7 Å². The van der Waals surface area contributed by atoms with Crippen LogP contribution in [0.2, 0.25) is 5.02 Å². The Balaban J connectivity index is 1.74. The Morgan fingerprint density at radius 1 is 1.15 bits per heavy atom. The summed E-state index contributed by atoms with van der Waals surface area (Å²) in [5, 5.41) is 14.4. The molecule has 0 aliphatic carbocycles. The van der Waals surface area contributed by atoms with E-state index >= 15 is 0 Å². The molecule has 4 rings (SSSR count). The lowest BCUT2D eigenvalue weighted by molar-refractivity contribution is -0.137. The van der Waals surface area contributed by atoms with Crippen molar-refractivity contribution in [3.05, 3.63) is 80.5 Å². The highest BCUT2D eigenvalue weighted by molar-refractivity contribution is 7.12. The van der Waals surface area contributed by atoms with Crippen LogP contribution in [0.1, 0.15) is 33.9 Å². The Morgan fingerprint density at radius 3 is 2.61 bits per heavy atom. The molecule has 1 aliphatic heterocycles. The third-order valence-corrected chi connectivity index (χ3v) is 6.57. The predicted molar refractivity (Wildman–Crippen MR) is 133 cm³/mol. The number of carbonyl (C=O) groups is 2. The molecule has 1 atom stereocenters. The van der Waals surface area contributed by atoms with E-state index in [2.05, 4.69) is 10.2 Å². The van der Waals surface area contributed by atoms with Crippen molar-refractivity contribution in [1.29, 1.82) is 0 Å². The zero-order valence-electron chi connectivity index (χ0n) is 18.3. The van der Waals surface area contributed by atoms with Gasteiger partial charge in [-0.3, -0.25) is 14.6 Å². The lowest BCUT2D eigenvalue weighted by atomic mass is 9.94. The van der Waals surface area contributed by atoms with E-state index in [-0.39, 0.29) is 12.3 Å². The molecule has 0 spiro atoms. The summed E-state index contributed by atoms with van der Waals surface area (Å²) in [6, 6.07) is 15.3. The standard InChI is InChI=1S/C25H24ClN3O3S/c1-29(2)13-15-3-7-18(8-4-15)27-24(21-11-16(14-33-21)5-10-22(30)31)23-19-9-6-17(26)12-20(19)28-25(23)32/h3-4,6-9,11-12,14,23H,5,10,13H2,1-2H3,(H,28,32)(H,30,31). The largest absolute Gasteiger partial charge is 0.481 e. The number of aliphatic carboxylic acids is 1. The second-order valence-electron chi connectivity index (χ2n) is 8.27. The number of fused-ring (bicyclic) bond motifs is 1. The number of thiophene rings is 1. The molecular weight excluding hydrogens is 458 g/mol. The van der Waals surface area contributed by atoms with Gasteiger partial charge in [-0.15, -0.1) is 11.3 Å². The third-order valence-electron chi connectivity index (χ3n) is 5.34. The van der Waals surface area contributed by atoms with Gasteiger partial charge in [0.1, 0.15) is 5.92 Å². The van der Waals surface area contributed by atoms with Gasteiger partial charge in [0.05, 0.1) is 11.4 Å². The molecule has 0 bridgehead atoms. The molecule has 0 radical (unpaired) electrons. The normalized spacial score (nSPS) is 15.6. The van der Waals surface area contributed by atoms with Gasteiger partial charge in [-0.1, -0.05) is 29.8 Å². The van der Waals surface area contributed by atoms with Crippen LogP contribution in [0.5, 0.6) is 0 Å². The fourth-order valence-corrected chi connectivity index (χ4v) is 4.98. The van der Waals surface area contributed by atoms with Crippen LogP contribution in [-0.2, 0) is 22.6 Å². The monoisotopic (exact) mass is 481 g/mol. The highest BCUT2D eigenvalue weighted by Gasteiger charge is 2.36. The second kappa shape index (κ2) is 9.87. The third kappa shape index (κ3) is 5.50. The van der Waals surface area contributed by atoms with Gasteiger partial charge < -0.3 is 15.3 Å². The number of rotatable bonds is 8. The fraction of sp³-hybridized carbons (Fsp3) is 0.240. The molecule has 1 unspecified atom stereocenters. The molecule has 1 aliphatic rings. The number of aryl methyl sites for hydroxylation is 1. The minimum absolute atomic E-state index is 0.0568. The SMILES string of the molecule is CN(C)Cc1ccc(N=C(c2cc(CCC(=O)O)cs2)C2C(=O)Nc3cc(Cl)ccc32)cc1. The van der Waals surface area contributed by atoms with Crippen molar-refractivity contribution in [1.82, 2.24) is 4.90 Å². The number of amides is 1. The summed E-state index contributed by atoms with van der Waals surface area (Å²) in [5.74, 6) is -1.57. The van der Waals surface area contributed by atoms with Gasteiger partial charge in [0.2, 0.25) is 5.91 Å². The Morgan fingerprint density at radius 2 is 1.91 bits per heavy atom. The van der Waals surface area contributed by atoms with Crippen LogP contribution >= 0.6 is 22.9 Å². The van der Waals surface area contributed by atoms with Gasteiger partial charge in [-0.05, 0) is 72.9 Å². The molecule has 33 heavy (non-hydrogen) atoms. The van der Waals surface area contributed by atoms with E-state index < -0.39 is 11.9 Å². The van der Waals surface area contributed by atoms with E-state index in [9.17, 15) is 9.59 Å². The van der Waals surface area contributed by atoms with E-state index in [1.165, 1.54) is 16.9 Å². The van der Waals surface area contributed by atoms with Crippen molar-refractivity contribution in [3.63, 3.8) is 0 Å². The molecule has 3 aromatic rings. The summed E-state index contributed by atoms with van der Waals surface area (Å²) >= 11 is 7.60. The molecule has 2 aromatic carbocycles. The molecule has 0 saturated heterocycles. The predicted octanol–water partition coefficient (Wildman–Crippen LogP) is 5.34. The first-order valence-electron chi connectivity index (χ1n) is 10.5. The lowest BCUT2D eigenvalue weighted by Gasteiger charge is -2.13. The van der Waals surface area contributed by atoms with Crippen molar-refractivity contribution in [2.45, 2.75) is 25.3 Å². The maximum Gasteiger partial charge on any atom is 0.303 e. The Hall–Kier alpha value is -3.00. The maximum absolute atomic E-state index is 13.0. The summed E-state index contributed by atoms with van der Waals surface area (Å²) in [6.07, 6.45) is 0.489. The van der Waals surface area contributed by atoms with Crippen LogP contribution in [0, 0.1) is 0 Å². The number of carboxylic acid groups (broad SMARTS) is 1. The van der Waals surface area contributed by atoms with Crippen molar-refractivity contribution < 1.29 is 14.7 Å². The molecule has 1 aromatic heterocycles. The summed E-state index contributed by atoms with van der Waals surface area (Å²) in [4.78, 5) is 31.9.